The Morgan fingerprint density at radius 1 is 1.00 bits per heavy atom. The first-order chi connectivity index (χ1) is 11.5. The Morgan fingerprint density at radius 3 is 2.12 bits per heavy atom. The van der Waals surface area contributed by atoms with Crippen LogP contribution in [-0.4, -0.2) is 14.3 Å². The van der Waals surface area contributed by atoms with Crippen molar-refractivity contribution in [1.82, 2.24) is 0 Å². The maximum absolute atomic E-state index is 12.4. The first-order valence-corrected chi connectivity index (χ1v) is 9.49. The lowest BCUT2D eigenvalue weighted by atomic mass is 10.2. The van der Waals surface area contributed by atoms with Crippen molar-refractivity contribution in [2.24, 2.45) is 5.92 Å². The summed E-state index contributed by atoms with van der Waals surface area (Å²) in [6, 6.07) is 13.5. The Hall–Kier alpha value is -2.34. The van der Waals surface area contributed by atoms with Gasteiger partial charge in [0.25, 0.3) is 10.0 Å². The molecule has 0 unspecified atom stereocenters. The zero-order valence-electron chi connectivity index (χ0n) is 13.5. The molecule has 1 aliphatic carbocycles. The van der Waals surface area contributed by atoms with Crippen molar-refractivity contribution in [3.8, 4) is 0 Å². The fourth-order valence-electron chi connectivity index (χ4n) is 2.33. The monoisotopic (exact) mass is 344 g/mol. The highest BCUT2D eigenvalue weighted by Crippen LogP contribution is 2.30. The number of benzene rings is 2. The molecule has 5 nitrogen and oxygen atoms in total. The molecule has 126 valence electrons. The number of rotatable bonds is 6. The van der Waals surface area contributed by atoms with Crippen LogP contribution in [0.3, 0.4) is 0 Å². The number of hydrogen-bond acceptors (Lipinski definition) is 3. The highest BCUT2D eigenvalue weighted by atomic mass is 32.2. The minimum absolute atomic E-state index is 0.0272. The van der Waals surface area contributed by atoms with E-state index in [4.69, 9.17) is 0 Å². The highest BCUT2D eigenvalue weighted by Gasteiger charge is 2.29. The van der Waals surface area contributed by atoms with Crippen LogP contribution < -0.4 is 10.0 Å². The normalized spacial score (nSPS) is 14.2. The van der Waals surface area contributed by atoms with E-state index in [1.54, 1.807) is 36.4 Å². The fraction of sp³-hybridized carbons (Fsp3) is 0.278. The molecule has 6 heteroatoms. The molecule has 0 bridgehead atoms. The molecule has 0 radical (unpaired) electrons. The minimum atomic E-state index is -3.61. The molecule has 2 aromatic carbocycles. The summed E-state index contributed by atoms with van der Waals surface area (Å²) in [5.41, 5.74) is 2.21. The number of carbonyl (C=O) groups is 1. The molecular formula is C18H20N2O3S. The number of anilines is 2. The van der Waals surface area contributed by atoms with Gasteiger partial charge in [-0.05, 0) is 61.2 Å². The summed E-state index contributed by atoms with van der Waals surface area (Å²) in [6.45, 7) is 2.02. The van der Waals surface area contributed by atoms with Crippen molar-refractivity contribution in [1.29, 1.82) is 0 Å². The lowest BCUT2D eigenvalue weighted by Crippen LogP contribution is -2.14. The van der Waals surface area contributed by atoms with Gasteiger partial charge in [0.2, 0.25) is 5.91 Å². The Kier molecular flexibility index (Phi) is 4.57. The third-order valence-corrected chi connectivity index (χ3v) is 5.39. The molecule has 1 aliphatic rings. The average Bonchev–Trinajstić information content (AvgIpc) is 3.41. The molecular weight excluding hydrogens is 324 g/mol. The van der Waals surface area contributed by atoms with Gasteiger partial charge in [-0.3, -0.25) is 9.52 Å². The maximum atomic E-state index is 12.4. The lowest BCUT2D eigenvalue weighted by molar-refractivity contribution is -0.117. The summed E-state index contributed by atoms with van der Waals surface area (Å²) in [5.74, 6) is 0.161. The van der Waals surface area contributed by atoms with Crippen LogP contribution in [0.25, 0.3) is 0 Å². The molecule has 0 aromatic heterocycles. The Labute approximate surface area is 142 Å². The van der Waals surface area contributed by atoms with E-state index in [-0.39, 0.29) is 16.7 Å². The van der Waals surface area contributed by atoms with Crippen LogP contribution in [0.15, 0.2) is 53.4 Å². The summed E-state index contributed by atoms with van der Waals surface area (Å²) >= 11 is 0. The molecule has 0 atom stereocenters. The Bertz CT molecular complexity index is 824. The van der Waals surface area contributed by atoms with Crippen molar-refractivity contribution in [2.45, 2.75) is 31.1 Å². The molecule has 0 spiro atoms. The number of hydrogen-bond donors (Lipinski definition) is 2. The van der Waals surface area contributed by atoms with Crippen molar-refractivity contribution in [3.05, 3.63) is 54.1 Å². The van der Waals surface area contributed by atoms with Gasteiger partial charge in [-0.25, -0.2) is 8.42 Å². The number of amides is 1. The second-order valence-corrected chi connectivity index (χ2v) is 7.63. The highest BCUT2D eigenvalue weighted by molar-refractivity contribution is 7.92. The second kappa shape index (κ2) is 6.65. The summed E-state index contributed by atoms with van der Waals surface area (Å²) in [6.07, 6.45) is 2.75. The van der Waals surface area contributed by atoms with E-state index >= 15 is 0 Å². The molecule has 2 N–H and O–H groups in total. The van der Waals surface area contributed by atoms with Crippen molar-refractivity contribution in [3.63, 3.8) is 0 Å². The summed E-state index contributed by atoms with van der Waals surface area (Å²) < 4.78 is 27.3. The number of aryl methyl sites for hydroxylation is 1. The SMILES string of the molecule is CCc1ccc(S(=O)(=O)Nc2ccc(NC(=O)C3CC3)cc2)cc1. The smallest absolute Gasteiger partial charge is 0.261 e. The van der Waals surface area contributed by atoms with Gasteiger partial charge in [0, 0.05) is 17.3 Å². The minimum Gasteiger partial charge on any atom is -0.326 e. The zero-order chi connectivity index (χ0) is 17.2. The molecule has 1 fully saturated rings. The summed E-state index contributed by atoms with van der Waals surface area (Å²) in [7, 11) is -3.61. The van der Waals surface area contributed by atoms with Crippen LogP contribution in [0.2, 0.25) is 0 Å². The van der Waals surface area contributed by atoms with Gasteiger partial charge in [0.1, 0.15) is 0 Å². The van der Waals surface area contributed by atoms with Crippen LogP contribution in [0, 0.1) is 5.92 Å². The van der Waals surface area contributed by atoms with E-state index in [0.717, 1.165) is 24.8 Å². The van der Waals surface area contributed by atoms with Gasteiger partial charge in [0.15, 0.2) is 0 Å². The van der Waals surface area contributed by atoms with Crippen LogP contribution >= 0.6 is 0 Å². The predicted molar refractivity (Wildman–Crippen MR) is 94.4 cm³/mol. The van der Waals surface area contributed by atoms with Gasteiger partial charge in [-0.15, -0.1) is 0 Å². The summed E-state index contributed by atoms with van der Waals surface area (Å²) in [4.78, 5) is 11.9. The largest absolute Gasteiger partial charge is 0.326 e. The zero-order valence-corrected chi connectivity index (χ0v) is 14.3. The number of carbonyl (C=O) groups excluding carboxylic acids is 1. The van der Waals surface area contributed by atoms with Crippen LogP contribution in [0.5, 0.6) is 0 Å². The van der Waals surface area contributed by atoms with Gasteiger partial charge in [-0.1, -0.05) is 19.1 Å². The third kappa shape index (κ3) is 3.94. The van der Waals surface area contributed by atoms with Crippen molar-refractivity contribution in [2.75, 3.05) is 10.0 Å². The Morgan fingerprint density at radius 2 is 1.58 bits per heavy atom. The molecule has 0 saturated heterocycles. The molecule has 0 heterocycles. The average molecular weight is 344 g/mol. The molecule has 24 heavy (non-hydrogen) atoms. The van der Waals surface area contributed by atoms with E-state index in [0.29, 0.717) is 11.4 Å². The molecule has 1 saturated carbocycles. The van der Waals surface area contributed by atoms with E-state index in [9.17, 15) is 13.2 Å². The second-order valence-electron chi connectivity index (χ2n) is 5.94. The topological polar surface area (TPSA) is 75.3 Å². The maximum Gasteiger partial charge on any atom is 0.261 e. The number of sulfonamides is 1. The molecule has 3 rings (SSSR count). The molecule has 0 aliphatic heterocycles. The van der Waals surface area contributed by atoms with Gasteiger partial charge < -0.3 is 5.32 Å². The first-order valence-electron chi connectivity index (χ1n) is 8.00. The molecule has 1 amide bonds. The van der Waals surface area contributed by atoms with Gasteiger partial charge in [-0.2, -0.15) is 0 Å². The van der Waals surface area contributed by atoms with E-state index in [2.05, 4.69) is 10.0 Å². The Balaban J connectivity index is 1.68. The van der Waals surface area contributed by atoms with E-state index in [1.807, 2.05) is 19.1 Å². The summed E-state index contributed by atoms with van der Waals surface area (Å²) in [5, 5.41) is 2.82. The quantitative estimate of drug-likeness (QED) is 0.843. The predicted octanol–water partition coefficient (Wildman–Crippen LogP) is 3.40. The first kappa shape index (κ1) is 16.5. The van der Waals surface area contributed by atoms with Crippen LogP contribution in [0.1, 0.15) is 25.3 Å². The number of nitrogens with one attached hydrogen (secondary N) is 2. The molecule has 2 aromatic rings. The fourth-order valence-corrected chi connectivity index (χ4v) is 3.39. The third-order valence-electron chi connectivity index (χ3n) is 3.99. The van der Waals surface area contributed by atoms with E-state index < -0.39 is 10.0 Å². The van der Waals surface area contributed by atoms with Crippen molar-refractivity contribution >= 4 is 27.3 Å². The van der Waals surface area contributed by atoms with Crippen molar-refractivity contribution < 1.29 is 13.2 Å². The standard InChI is InChI=1S/C18H20N2O3S/c1-2-13-3-11-17(12-4-13)24(22,23)20-16-9-7-15(8-10-16)19-18(21)14-5-6-14/h3-4,7-12,14,20H,2,5-6H2,1H3,(H,19,21). The van der Waals surface area contributed by atoms with Crippen LogP contribution in [-0.2, 0) is 21.2 Å². The van der Waals surface area contributed by atoms with Gasteiger partial charge in [0.05, 0.1) is 4.90 Å². The van der Waals surface area contributed by atoms with Crippen LogP contribution in [0.4, 0.5) is 11.4 Å². The lowest BCUT2D eigenvalue weighted by Gasteiger charge is -2.10. The van der Waals surface area contributed by atoms with E-state index in [1.165, 1.54) is 0 Å². The van der Waals surface area contributed by atoms with Gasteiger partial charge >= 0.3 is 0 Å².